The molecule has 2 aromatic rings. The first-order valence-corrected chi connectivity index (χ1v) is 9.30. The van der Waals surface area contributed by atoms with Gasteiger partial charge in [0.1, 0.15) is 0 Å². The summed E-state index contributed by atoms with van der Waals surface area (Å²) in [5.74, 6) is 1.20. The number of hydrogen-bond acceptors (Lipinski definition) is 3. The highest BCUT2D eigenvalue weighted by Gasteiger charge is 2.04. The Morgan fingerprint density at radius 2 is 2.04 bits per heavy atom. The molecule has 27 heavy (non-hydrogen) atoms. The van der Waals surface area contributed by atoms with Gasteiger partial charge in [0.15, 0.2) is 5.96 Å². The Labute approximate surface area is 179 Å². The van der Waals surface area contributed by atoms with Gasteiger partial charge in [-0.15, -0.1) is 24.0 Å². The molecule has 0 saturated heterocycles. The molecule has 1 unspecified atom stereocenters. The maximum Gasteiger partial charge on any atom is 0.191 e. The van der Waals surface area contributed by atoms with Crippen LogP contribution in [0.5, 0.6) is 0 Å². The van der Waals surface area contributed by atoms with E-state index in [2.05, 4.69) is 46.7 Å². The van der Waals surface area contributed by atoms with Gasteiger partial charge in [0, 0.05) is 25.8 Å². The summed E-state index contributed by atoms with van der Waals surface area (Å²) in [5.41, 5.74) is 2.38. The highest BCUT2D eigenvalue weighted by atomic mass is 127. The zero-order chi connectivity index (χ0) is 18.6. The molecule has 1 aromatic carbocycles. The van der Waals surface area contributed by atoms with E-state index in [1.807, 2.05) is 42.2 Å². The average Bonchev–Trinajstić information content (AvgIpc) is 3.06. The molecule has 0 amide bonds. The molecule has 0 aliphatic carbocycles. The van der Waals surface area contributed by atoms with E-state index in [0.29, 0.717) is 19.1 Å². The Morgan fingerprint density at radius 1 is 1.26 bits per heavy atom. The summed E-state index contributed by atoms with van der Waals surface area (Å²) in [4.78, 5) is 4.66. The number of nitrogens with one attached hydrogen (secondary N) is 2. The molecule has 0 aliphatic heterocycles. The minimum Gasteiger partial charge on any atom is -0.376 e. The summed E-state index contributed by atoms with van der Waals surface area (Å²) >= 11 is 0. The lowest BCUT2D eigenvalue weighted by Crippen LogP contribution is -2.39. The highest BCUT2D eigenvalue weighted by Crippen LogP contribution is 2.03. The molecule has 0 radical (unpaired) electrons. The lowest BCUT2D eigenvalue weighted by Gasteiger charge is -2.14. The van der Waals surface area contributed by atoms with Crippen LogP contribution in [0.2, 0.25) is 0 Å². The second-order valence-electron chi connectivity index (χ2n) is 6.53. The molecular weight excluding hydrogens is 453 g/mol. The van der Waals surface area contributed by atoms with Crippen molar-refractivity contribution in [1.82, 2.24) is 20.4 Å². The molecule has 0 bridgehead atoms. The number of guanidine groups is 1. The van der Waals surface area contributed by atoms with Crippen molar-refractivity contribution in [3.63, 3.8) is 0 Å². The van der Waals surface area contributed by atoms with Crippen LogP contribution in [0.25, 0.3) is 0 Å². The Morgan fingerprint density at radius 3 is 2.70 bits per heavy atom. The van der Waals surface area contributed by atoms with Gasteiger partial charge in [-0.25, -0.2) is 0 Å². The minimum atomic E-state index is 0. The summed E-state index contributed by atoms with van der Waals surface area (Å²) < 4.78 is 7.73. The average molecular weight is 485 g/mol. The van der Waals surface area contributed by atoms with E-state index in [4.69, 9.17) is 4.74 Å². The van der Waals surface area contributed by atoms with Crippen molar-refractivity contribution in [3.8, 4) is 0 Å². The molecule has 7 heteroatoms. The Balaban J connectivity index is 0.00000364. The van der Waals surface area contributed by atoms with Crippen molar-refractivity contribution < 1.29 is 4.74 Å². The van der Waals surface area contributed by atoms with E-state index >= 15 is 0 Å². The molecule has 1 heterocycles. The Bertz CT molecular complexity index is 659. The van der Waals surface area contributed by atoms with Crippen LogP contribution >= 0.6 is 24.0 Å². The zero-order valence-electron chi connectivity index (χ0n) is 16.5. The summed E-state index contributed by atoms with van der Waals surface area (Å²) in [6, 6.07) is 10.2. The number of rotatable bonds is 10. The lowest BCUT2D eigenvalue weighted by atomic mass is 10.2. The van der Waals surface area contributed by atoms with Crippen LogP contribution in [0.3, 0.4) is 0 Å². The van der Waals surface area contributed by atoms with Crippen LogP contribution in [0.15, 0.2) is 47.7 Å². The topological polar surface area (TPSA) is 63.5 Å². The SMILES string of the molecule is CCNC(=NCC(C)COCc1ccccc1)NCCn1cc(C)cn1.I. The van der Waals surface area contributed by atoms with Gasteiger partial charge in [-0.05, 0) is 30.9 Å². The van der Waals surface area contributed by atoms with Gasteiger partial charge in [-0.1, -0.05) is 37.3 Å². The van der Waals surface area contributed by atoms with Crippen LogP contribution in [0.1, 0.15) is 25.0 Å². The maximum absolute atomic E-state index is 5.79. The number of nitrogens with zero attached hydrogens (tertiary/aromatic N) is 3. The number of aromatic nitrogens is 2. The third kappa shape index (κ3) is 9.76. The molecule has 0 aliphatic rings. The quantitative estimate of drug-likeness (QED) is 0.308. The molecule has 6 nitrogen and oxygen atoms in total. The first-order chi connectivity index (χ1) is 12.7. The number of halogens is 1. The first-order valence-electron chi connectivity index (χ1n) is 9.30. The standard InChI is InChI=1S/C20H31N5O.HI/c1-4-21-20(22-10-11-25-14-17(2)13-24-25)23-12-18(3)15-26-16-19-8-6-5-7-9-19;/h5-9,13-14,18H,4,10-12,15-16H2,1-3H3,(H2,21,22,23);1H. The van der Waals surface area contributed by atoms with E-state index < -0.39 is 0 Å². The van der Waals surface area contributed by atoms with Crippen molar-refractivity contribution in [2.75, 3.05) is 26.2 Å². The molecule has 0 saturated carbocycles. The normalized spacial score (nSPS) is 12.3. The molecule has 1 atom stereocenters. The van der Waals surface area contributed by atoms with Gasteiger partial charge in [0.05, 0.1) is 26.0 Å². The Hall–Kier alpha value is -1.61. The monoisotopic (exact) mass is 485 g/mol. The predicted octanol–water partition coefficient (Wildman–Crippen LogP) is 3.22. The van der Waals surface area contributed by atoms with Crippen molar-refractivity contribution in [1.29, 1.82) is 0 Å². The third-order valence-electron chi connectivity index (χ3n) is 3.81. The van der Waals surface area contributed by atoms with Gasteiger partial charge < -0.3 is 15.4 Å². The largest absolute Gasteiger partial charge is 0.376 e. The number of aryl methyl sites for hydroxylation is 1. The number of benzene rings is 1. The van der Waals surface area contributed by atoms with Crippen molar-refractivity contribution >= 4 is 29.9 Å². The predicted molar refractivity (Wildman–Crippen MR) is 122 cm³/mol. The molecule has 0 fully saturated rings. The minimum absolute atomic E-state index is 0. The van der Waals surface area contributed by atoms with Gasteiger partial charge in [0.2, 0.25) is 0 Å². The van der Waals surface area contributed by atoms with Crippen LogP contribution < -0.4 is 10.6 Å². The van der Waals surface area contributed by atoms with Crippen LogP contribution in [-0.4, -0.2) is 42.0 Å². The summed E-state index contributed by atoms with van der Waals surface area (Å²) in [5, 5.41) is 10.9. The van der Waals surface area contributed by atoms with Gasteiger partial charge in [-0.2, -0.15) is 5.10 Å². The molecular formula is C20H32IN5O. The third-order valence-corrected chi connectivity index (χ3v) is 3.81. The molecule has 2 N–H and O–H groups in total. The lowest BCUT2D eigenvalue weighted by molar-refractivity contribution is 0.0945. The number of aliphatic imine (C=N–C) groups is 1. The second kappa shape index (κ2) is 13.5. The fourth-order valence-electron chi connectivity index (χ4n) is 2.47. The van der Waals surface area contributed by atoms with E-state index in [1.54, 1.807) is 0 Å². The molecule has 150 valence electrons. The molecule has 2 rings (SSSR count). The van der Waals surface area contributed by atoms with Gasteiger partial charge >= 0.3 is 0 Å². The van der Waals surface area contributed by atoms with Gasteiger partial charge in [-0.3, -0.25) is 9.67 Å². The molecule has 0 spiro atoms. The zero-order valence-corrected chi connectivity index (χ0v) is 18.8. The fourth-order valence-corrected chi connectivity index (χ4v) is 2.47. The summed E-state index contributed by atoms with van der Waals surface area (Å²) in [7, 11) is 0. The molecule has 1 aromatic heterocycles. The van der Waals surface area contributed by atoms with E-state index in [0.717, 1.165) is 32.1 Å². The van der Waals surface area contributed by atoms with Crippen LogP contribution in [-0.2, 0) is 17.9 Å². The van der Waals surface area contributed by atoms with E-state index in [9.17, 15) is 0 Å². The van der Waals surface area contributed by atoms with Crippen molar-refractivity contribution in [2.24, 2.45) is 10.9 Å². The van der Waals surface area contributed by atoms with Gasteiger partial charge in [0.25, 0.3) is 0 Å². The number of ether oxygens (including phenoxy) is 1. The van der Waals surface area contributed by atoms with Crippen molar-refractivity contribution in [2.45, 2.75) is 33.9 Å². The summed E-state index contributed by atoms with van der Waals surface area (Å²) in [6.45, 7) is 10.8. The number of hydrogen-bond donors (Lipinski definition) is 2. The van der Waals surface area contributed by atoms with E-state index in [1.165, 1.54) is 11.1 Å². The smallest absolute Gasteiger partial charge is 0.191 e. The summed E-state index contributed by atoms with van der Waals surface area (Å²) in [6.07, 6.45) is 3.91. The second-order valence-corrected chi connectivity index (χ2v) is 6.53. The van der Waals surface area contributed by atoms with Crippen molar-refractivity contribution in [3.05, 3.63) is 53.9 Å². The van der Waals surface area contributed by atoms with Crippen LogP contribution in [0, 0.1) is 12.8 Å². The fraction of sp³-hybridized carbons (Fsp3) is 0.500. The van der Waals surface area contributed by atoms with E-state index in [-0.39, 0.29) is 24.0 Å². The highest BCUT2D eigenvalue weighted by molar-refractivity contribution is 14.0. The Kier molecular flexibility index (Phi) is 11.8. The maximum atomic E-state index is 5.79. The first kappa shape index (κ1) is 23.4. The van der Waals surface area contributed by atoms with Crippen LogP contribution in [0.4, 0.5) is 0 Å².